The van der Waals surface area contributed by atoms with Crippen LogP contribution in [-0.2, 0) is 4.79 Å². The molecule has 1 saturated carbocycles. The second-order valence-electron chi connectivity index (χ2n) is 6.97. The van der Waals surface area contributed by atoms with Gasteiger partial charge in [-0.25, -0.2) is 9.37 Å². The van der Waals surface area contributed by atoms with Crippen molar-refractivity contribution in [3.63, 3.8) is 0 Å². The average Bonchev–Trinajstić information content (AvgIpc) is 3.14. The zero-order valence-electron chi connectivity index (χ0n) is 15.5. The van der Waals surface area contributed by atoms with Gasteiger partial charge in [-0.1, -0.05) is 25.0 Å². The second kappa shape index (κ2) is 9.22. The first kappa shape index (κ1) is 19.7. The molecule has 0 bridgehead atoms. The van der Waals surface area contributed by atoms with E-state index < -0.39 is 5.97 Å². The van der Waals surface area contributed by atoms with Gasteiger partial charge in [0.25, 0.3) is 0 Å². The van der Waals surface area contributed by atoms with Crippen molar-refractivity contribution in [2.24, 2.45) is 0 Å². The standard InChI is InChI=1S/C21H25FN2O2S/c1-24(13-5-9-20(25)26)19-11-10-15(14-18(19)22)17-8-4-12-23-21(17)27-16-6-2-3-7-16/h4,8,10-12,14,16H,2-3,5-7,9,13H2,1H3,(H,25,26). The van der Waals surface area contributed by atoms with E-state index in [-0.39, 0.29) is 12.2 Å². The zero-order chi connectivity index (χ0) is 19.2. The lowest BCUT2D eigenvalue weighted by molar-refractivity contribution is -0.137. The number of benzene rings is 1. The minimum Gasteiger partial charge on any atom is -0.481 e. The Labute approximate surface area is 163 Å². The number of halogens is 1. The summed E-state index contributed by atoms with van der Waals surface area (Å²) in [5.74, 6) is -1.13. The van der Waals surface area contributed by atoms with Crippen molar-refractivity contribution in [3.8, 4) is 11.1 Å². The molecule has 1 aromatic heterocycles. The Morgan fingerprint density at radius 3 is 2.81 bits per heavy atom. The number of aromatic nitrogens is 1. The first-order valence-corrected chi connectivity index (χ1v) is 10.3. The number of anilines is 1. The first-order chi connectivity index (χ1) is 13.0. The molecular weight excluding hydrogens is 363 g/mol. The third-order valence-corrected chi connectivity index (χ3v) is 6.26. The molecule has 0 radical (unpaired) electrons. The predicted octanol–water partition coefficient (Wildman–Crippen LogP) is 5.22. The molecule has 0 amide bonds. The molecule has 3 rings (SSSR count). The van der Waals surface area contributed by atoms with Crippen LogP contribution in [0.3, 0.4) is 0 Å². The lowest BCUT2D eigenvalue weighted by atomic mass is 10.1. The highest BCUT2D eigenvalue weighted by atomic mass is 32.2. The van der Waals surface area contributed by atoms with Crippen LogP contribution in [-0.4, -0.2) is 34.9 Å². The Bertz CT molecular complexity index is 794. The molecule has 0 unspecified atom stereocenters. The van der Waals surface area contributed by atoms with Crippen molar-refractivity contribution in [1.82, 2.24) is 4.98 Å². The van der Waals surface area contributed by atoms with E-state index in [9.17, 15) is 9.18 Å². The summed E-state index contributed by atoms with van der Waals surface area (Å²) >= 11 is 1.80. The fraction of sp³-hybridized carbons (Fsp3) is 0.429. The van der Waals surface area contributed by atoms with Crippen LogP contribution < -0.4 is 4.90 Å². The van der Waals surface area contributed by atoms with Crippen LogP contribution in [0, 0.1) is 5.82 Å². The number of aliphatic carboxylic acids is 1. The molecule has 0 saturated heterocycles. The number of nitrogens with zero attached hydrogens (tertiary/aromatic N) is 2. The van der Waals surface area contributed by atoms with E-state index in [2.05, 4.69) is 4.98 Å². The van der Waals surface area contributed by atoms with E-state index in [1.165, 1.54) is 25.7 Å². The van der Waals surface area contributed by atoms with Crippen LogP contribution in [0.1, 0.15) is 38.5 Å². The smallest absolute Gasteiger partial charge is 0.303 e. The van der Waals surface area contributed by atoms with Gasteiger partial charge in [0.2, 0.25) is 0 Å². The van der Waals surface area contributed by atoms with Crippen molar-refractivity contribution in [2.75, 3.05) is 18.5 Å². The Morgan fingerprint density at radius 2 is 2.11 bits per heavy atom. The fourth-order valence-electron chi connectivity index (χ4n) is 3.44. The summed E-state index contributed by atoms with van der Waals surface area (Å²) in [4.78, 5) is 16.9. The number of carboxylic acids is 1. The van der Waals surface area contributed by atoms with Crippen LogP contribution in [0.2, 0.25) is 0 Å². The molecule has 1 aliphatic rings. The Kier molecular flexibility index (Phi) is 6.72. The molecule has 1 N–H and O–H groups in total. The molecule has 0 atom stereocenters. The van der Waals surface area contributed by atoms with E-state index in [0.29, 0.717) is 23.9 Å². The monoisotopic (exact) mass is 388 g/mol. The van der Waals surface area contributed by atoms with Gasteiger partial charge in [0, 0.05) is 37.0 Å². The largest absolute Gasteiger partial charge is 0.481 e. The van der Waals surface area contributed by atoms with Gasteiger partial charge in [-0.3, -0.25) is 4.79 Å². The summed E-state index contributed by atoms with van der Waals surface area (Å²) in [6.45, 7) is 0.498. The molecule has 0 spiro atoms. The zero-order valence-corrected chi connectivity index (χ0v) is 16.3. The highest BCUT2D eigenvalue weighted by Gasteiger charge is 2.19. The van der Waals surface area contributed by atoms with Crippen LogP contribution in [0.4, 0.5) is 10.1 Å². The molecule has 2 aromatic rings. The number of rotatable bonds is 8. The number of carboxylic acid groups (broad SMARTS) is 1. The number of thioether (sulfide) groups is 1. The van der Waals surface area contributed by atoms with Crippen molar-refractivity contribution in [3.05, 3.63) is 42.3 Å². The average molecular weight is 389 g/mol. The summed E-state index contributed by atoms with van der Waals surface area (Å²) < 4.78 is 14.7. The second-order valence-corrected chi connectivity index (χ2v) is 8.25. The molecule has 1 aromatic carbocycles. The summed E-state index contributed by atoms with van der Waals surface area (Å²) in [6, 6.07) is 9.12. The van der Waals surface area contributed by atoms with Gasteiger partial charge in [0.15, 0.2) is 0 Å². The van der Waals surface area contributed by atoms with Gasteiger partial charge in [-0.2, -0.15) is 0 Å². The maximum absolute atomic E-state index is 14.7. The summed E-state index contributed by atoms with van der Waals surface area (Å²) in [6.07, 6.45) is 7.35. The Hall–Kier alpha value is -2.08. The number of hydrogen-bond acceptors (Lipinski definition) is 4. The Morgan fingerprint density at radius 1 is 1.33 bits per heavy atom. The highest BCUT2D eigenvalue weighted by molar-refractivity contribution is 8.00. The van der Waals surface area contributed by atoms with Crippen molar-refractivity contribution in [1.29, 1.82) is 0 Å². The Balaban J connectivity index is 1.76. The summed E-state index contributed by atoms with van der Waals surface area (Å²) in [5.41, 5.74) is 2.27. The van der Waals surface area contributed by atoms with E-state index in [0.717, 1.165) is 16.2 Å². The van der Waals surface area contributed by atoms with Crippen molar-refractivity contribution in [2.45, 2.75) is 48.8 Å². The van der Waals surface area contributed by atoms with Gasteiger partial charge < -0.3 is 10.0 Å². The highest BCUT2D eigenvalue weighted by Crippen LogP contribution is 2.38. The summed E-state index contributed by atoms with van der Waals surface area (Å²) in [7, 11) is 1.78. The van der Waals surface area contributed by atoms with Crippen molar-refractivity contribution < 1.29 is 14.3 Å². The number of pyridine rings is 1. The minimum atomic E-state index is -0.830. The van der Waals surface area contributed by atoms with Crippen LogP contribution >= 0.6 is 11.8 Å². The topological polar surface area (TPSA) is 53.4 Å². The van der Waals surface area contributed by atoms with Crippen LogP contribution in [0.25, 0.3) is 11.1 Å². The van der Waals surface area contributed by atoms with E-state index in [1.54, 1.807) is 42.0 Å². The van der Waals surface area contributed by atoms with Gasteiger partial charge in [-0.15, -0.1) is 11.8 Å². The molecule has 1 aliphatic carbocycles. The molecule has 27 heavy (non-hydrogen) atoms. The van der Waals surface area contributed by atoms with E-state index in [4.69, 9.17) is 5.11 Å². The maximum atomic E-state index is 14.7. The quantitative estimate of drug-likeness (QED) is 0.672. The third-order valence-electron chi connectivity index (χ3n) is 4.91. The van der Waals surface area contributed by atoms with Crippen LogP contribution in [0.5, 0.6) is 0 Å². The van der Waals surface area contributed by atoms with Crippen LogP contribution in [0.15, 0.2) is 41.6 Å². The van der Waals surface area contributed by atoms with Gasteiger partial charge in [0.1, 0.15) is 10.8 Å². The molecule has 1 fully saturated rings. The van der Waals surface area contributed by atoms with E-state index >= 15 is 0 Å². The van der Waals surface area contributed by atoms with Gasteiger partial charge >= 0.3 is 5.97 Å². The SMILES string of the molecule is CN(CCCC(=O)O)c1ccc(-c2cccnc2SC2CCCC2)cc1F. The lowest BCUT2D eigenvalue weighted by Gasteiger charge is -2.20. The fourth-order valence-corrected chi connectivity index (χ4v) is 4.76. The molecule has 1 heterocycles. The normalized spacial score (nSPS) is 14.4. The molecule has 0 aliphatic heterocycles. The van der Waals surface area contributed by atoms with Gasteiger partial charge in [0.05, 0.1) is 5.69 Å². The minimum absolute atomic E-state index is 0.0848. The number of carbonyl (C=O) groups is 1. The van der Waals surface area contributed by atoms with E-state index in [1.807, 2.05) is 18.2 Å². The third kappa shape index (κ3) is 5.22. The molecule has 4 nitrogen and oxygen atoms in total. The van der Waals surface area contributed by atoms with Crippen molar-refractivity contribution >= 4 is 23.4 Å². The first-order valence-electron chi connectivity index (χ1n) is 9.39. The van der Waals surface area contributed by atoms with Gasteiger partial charge in [-0.05, 0) is 43.0 Å². The molecular formula is C21H25FN2O2S. The molecule has 6 heteroatoms. The molecule has 144 valence electrons. The predicted molar refractivity (Wildman–Crippen MR) is 108 cm³/mol. The summed E-state index contributed by atoms with van der Waals surface area (Å²) in [5, 5.41) is 10.3. The lowest BCUT2D eigenvalue weighted by Crippen LogP contribution is -2.20. The maximum Gasteiger partial charge on any atom is 0.303 e. The number of hydrogen-bond donors (Lipinski definition) is 1.